The molecule has 4 rings (SSSR count). The number of ketones is 1. The molecule has 4 amide bonds. The Bertz CT molecular complexity index is 988. The Morgan fingerprint density at radius 1 is 1.11 bits per heavy atom. The van der Waals surface area contributed by atoms with Crippen molar-refractivity contribution in [1.29, 1.82) is 0 Å². The molecule has 1 aliphatic carbocycles. The maximum absolute atomic E-state index is 13.1. The van der Waals surface area contributed by atoms with E-state index in [4.69, 9.17) is 9.57 Å². The fraction of sp³-hybridized carbons (Fsp3) is 0.615. The molecule has 2 aliphatic heterocycles. The quantitative estimate of drug-likeness (QED) is 0.477. The normalized spacial score (nSPS) is 21.9. The predicted octanol–water partition coefficient (Wildman–Crippen LogP) is 2.77. The Labute approximate surface area is 211 Å². The van der Waals surface area contributed by atoms with Crippen molar-refractivity contribution in [2.45, 2.75) is 77.2 Å². The number of ether oxygens (including phenoxy) is 1. The van der Waals surface area contributed by atoms with Gasteiger partial charge in [0.25, 0.3) is 0 Å². The molecule has 10 nitrogen and oxygen atoms in total. The van der Waals surface area contributed by atoms with Crippen LogP contribution in [-0.2, 0) is 25.8 Å². The average Bonchev–Trinajstić information content (AvgIpc) is 3.53. The van der Waals surface area contributed by atoms with Gasteiger partial charge in [-0.2, -0.15) is 5.06 Å². The molecule has 2 saturated heterocycles. The van der Waals surface area contributed by atoms with Crippen LogP contribution >= 0.6 is 0 Å². The highest BCUT2D eigenvalue weighted by Crippen LogP contribution is 2.59. The summed E-state index contributed by atoms with van der Waals surface area (Å²) in [6.45, 7) is 6.29. The SMILES string of the molecule is CC(C)(C)OC(=O)NCCCC(=O)CNC(=O)[C@@H]1CC2(CC2)[C@@H]2CN1C(=O)N2OCc1ccccc1. The zero-order chi connectivity index (χ0) is 25.9. The van der Waals surface area contributed by atoms with Gasteiger partial charge in [0.05, 0.1) is 12.6 Å². The molecule has 0 aromatic heterocycles. The van der Waals surface area contributed by atoms with Crippen LogP contribution in [0.25, 0.3) is 0 Å². The van der Waals surface area contributed by atoms with Crippen LogP contribution in [0.2, 0.25) is 0 Å². The molecule has 196 valence electrons. The van der Waals surface area contributed by atoms with E-state index in [1.54, 1.807) is 25.7 Å². The number of hydrogen-bond donors (Lipinski definition) is 2. The van der Waals surface area contributed by atoms with Gasteiger partial charge in [-0.25, -0.2) is 9.59 Å². The summed E-state index contributed by atoms with van der Waals surface area (Å²) >= 11 is 0. The maximum Gasteiger partial charge on any atom is 0.407 e. The van der Waals surface area contributed by atoms with Crippen molar-refractivity contribution >= 4 is 23.8 Å². The third kappa shape index (κ3) is 6.16. The lowest BCUT2D eigenvalue weighted by atomic mass is 9.85. The van der Waals surface area contributed by atoms with Crippen molar-refractivity contribution in [3.8, 4) is 0 Å². The van der Waals surface area contributed by atoms with Crippen LogP contribution in [0, 0.1) is 5.41 Å². The molecule has 2 atom stereocenters. The van der Waals surface area contributed by atoms with E-state index in [9.17, 15) is 19.2 Å². The second-order valence-electron chi connectivity index (χ2n) is 10.9. The standard InChI is InChI=1S/C26H36N4O6/c1-25(2,3)36-23(33)27-13-7-10-19(31)15-28-22(32)20-14-26(11-12-26)21-16-29(20)24(34)30(21)35-17-18-8-5-4-6-9-18/h4-6,8-9,20-21H,7,10-17H2,1-3H3,(H,27,33)(H,28,32)/t20-,21-/m0/s1. The Morgan fingerprint density at radius 2 is 1.83 bits per heavy atom. The van der Waals surface area contributed by atoms with Gasteiger partial charge in [-0.15, -0.1) is 0 Å². The van der Waals surface area contributed by atoms with Crippen LogP contribution in [-0.4, -0.2) is 71.1 Å². The number of alkyl carbamates (subject to hydrolysis) is 1. The van der Waals surface area contributed by atoms with Gasteiger partial charge in [0.15, 0.2) is 5.78 Å². The Hall–Kier alpha value is -3.14. The summed E-state index contributed by atoms with van der Waals surface area (Å²) < 4.78 is 5.15. The molecular weight excluding hydrogens is 464 g/mol. The fourth-order valence-corrected chi connectivity index (χ4v) is 4.91. The molecule has 10 heteroatoms. The number of hydroxylamine groups is 2. The lowest BCUT2D eigenvalue weighted by Crippen LogP contribution is -2.53. The van der Waals surface area contributed by atoms with E-state index in [0.717, 1.165) is 18.4 Å². The summed E-state index contributed by atoms with van der Waals surface area (Å²) in [5, 5.41) is 6.80. The summed E-state index contributed by atoms with van der Waals surface area (Å²) in [4.78, 5) is 57.6. The maximum atomic E-state index is 13.1. The number of piperidine rings is 1. The number of fused-ring (bicyclic) bond motifs is 3. The van der Waals surface area contributed by atoms with Crippen molar-refractivity contribution in [1.82, 2.24) is 20.6 Å². The van der Waals surface area contributed by atoms with E-state index in [1.165, 1.54) is 5.06 Å². The van der Waals surface area contributed by atoms with Crippen molar-refractivity contribution in [2.75, 3.05) is 19.6 Å². The molecule has 0 radical (unpaired) electrons. The van der Waals surface area contributed by atoms with Gasteiger partial charge < -0.3 is 20.3 Å². The number of carbonyl (C=O) groups excluding carboxylic acids is 4. The Balaban J connectivity index is 1.23. The number of rotatable bonds is 10. The lowest BCUT2D eigenvalue weighted by Gasteiger charge is -2.35. The summed E-state index contributed by atoms with van der Waals surface area (Å²) in [5.74, 6) is -0.442. The highest BCUT2D eigenvalue weighted by molar-refractivity contribution is 5.92. The first-order chi connectivity index (χ1) is 17.1. The van der Waals surface area contributed by atoms with Crippen LogP contribution in [0.5, 0.6) is 0 Å². The predicted molar refractivity (Wildman–Crippen MR) is 131 cm³/mol. The van der Waals surface area contributed by atoms with E-state index >= 15 is 0 Å². The first-order valence-electron chi connectivity index (χ1n) is 12.6. The smallest absolute Gasteiger partial charge is 0.407 e. The van der Waals surface area contributed by atoms with Crippen molar-refractivity contribution in [3.05, 3.63) is 35.9 Å². The molecule has 3 fully saturated rings. The van der Waals surface area contributed by atoms with Crippen molar-refractivity contribution in [3.63, 3.8) is 0 Å². The molecule has 36 heavy (non-hydrogen) atoms. The zero-order valence-electron chi connectivity index (χ0n) is 21.2. The Kier molecular flexibility index (Phi) is 7.54. The molecule has 1 aromatic rings. The molecule has 0 unspecified atom stereocenters. The third-order valence-electron chi connectivity index (χ3n) is 6.94. The molecule has 1 aromatic carbocycles. The average molecular weight is 501 g/mol. The second-order valence-corrected chi connectivity index (χ2v) is 10.9. The van der Waals surface area contributed by atoms with Gasteiger partial charge in [-0.3, -0.25) is 14.4 Å². The van der Waals surface area contributed by atoms with Crippen LogP contribution in [0.3, 0.4) is 0 Å². The van der Waals surface area contributed by atoms with E-state index in [-0.39, 0.29) is 42.1 Å². The number of Topliss-reactive ketones (excluding diaryl/α,β-unsaturated/α-hetero) is 1. The van der Waals surface area contributed by atoms with Gasteiger partial charge in [0.2, 0.25) is 5.91 Å². The topological polar surface area (TPSA) is 117 Å². The summed E-state index contributed by atoms with van der Waals surface area (Å²) in [5.41, 5.74) is 0.295. The second kappa shape index (κ2) is 10.5. The Morgan fingerprint density at radius 3 is 2.50 bits per heavy atom. The molecule has 3 aliphatic rings. The van der Waals surface area contributed by atoms with Gasteiger partial charge in [0.1, 0.15) is 18.2 Å². The minimum absolute atomic E-state index is 0.0585. The minimum atomic E-state index is -0.608. The number of hydrogen-bond acceptors (Lipinski definition) is 6. The molecular formula is C26H36N4O6. The fourth-order valence-electron chi connectivity index (χ4n) is 4.91. The summed E-state index contributed by atoms with van der Waals surface area (Å²) in [6, 6.07) is 8.71. The van der Waals surface area contributed by atoms with Crippen molar-refractivity contribution < 1.29 is 28.8 Å². The summed E-state index contributed by atoms with van der Waals surface area (Å²) in [7, 11) is 0. The minimum Gasteiger partial charge on any atom is -0.444 e. The molecule has 2 heterocycles. The lowest BCUT2D eigenvalue weighted by molar-refractivity contribution is -0.153. The van der Waals surface area contributed by atoms with Gasteiger partial charge in [-0.05, 0) is 57.4 Å². The third-order valence-corrected chi connectivity index (χ3v) is 6.94. The van der Waals surface area contributed by atoms with Crippen molar-refractivity contribution in [2.24, 2.45) is 5.41 Å². The van der Waals surface area contributed by atoms with Gasteiger partial charge in [0, 0.05) is 19.5 Å². The van der Waals surface area contributed by atoms with Gasteiger partial charge >= 0.3 is 12.1 Å². The van der Waals surface area contributed by atoms with Crippen LogP contribution < -0.4 is 10.6 Å². The molecule has 2 bridgehead atoms. The van der Waals surface area contributed by atoms with Crippen LogP contribution in [0.4, 0.5) is 9.59 Å². The number of amides is 4. The highest BCUT2D eigenvalue weighted by Gasteiger charge is 2.64. The molecule has 1 spiro atoms. The number of nitrogens with one attached hydrogen (secondary N) is 2. The number of nitrogens with zero attached hydrogens (tertiary/aromatic N) is 2. The van der Waals surface area contributed by atoms with Crippen LogP contribution in [0.15, 0.2) is 30.3 Å². The van der Waals surface area contributed by atoms with E-state index < -0.39 is 17.7 Å². The number of carbonyl (C=O) groups is 4. The number of urea groups is 1. The first kappa shape index (κ1) is 25.9. The van der Waals surface area contributed by atoms with Crippen LogP contribution in [0.1, 0.15) is 58.4 Å². The van der Waals surface area contributed by atoms with E-state index in [0.29, 0.717) is 32.5 Å². The van der Waals surface area contributed by atoms with Gasteiger partial charge in [-0.1, -0.05) is 30.3 Å². The highest BCUT2D eigenvalue weighted by atomic mass is 16.7. The van der Waals surface area contributed by atoms with E-state index in [1.807, 2.05) is 30.3 Å². The first-order valence-corrected chi connectivity index (χ1v) is 12.6. The summed E-state index contributed by atoms with van der Waals surface area (Å²) in [6.07, 6.45) is 2.63. The monoisotopic (exact) mass is 500 g/mol. The van der Waals surface area contributed by atoms with E-state index in [2.05, 4.69) is 10.6 Å². The largest absolute Gasteiger partial charge is 0.444 e. The molecule has 2 N–H and O–H groups in total. The zero-order valence-corrected chi connectivity index (χ0v) is 21.2. The number of benzene rings is 1. The molecule has 1 saturated carbocycles.